The maximum Gasteiger partial charge on any atom is 0.326 e. The molecule has 2 N–H and O–H groups in total. The van der Waals surface area contributed by atoms with Crippen LogP contribution < -0.4 is 5.32 Å². The summed E-state index contributed by atoms with van der Waals surface area (Å²) in [6.45, 7) is 1.72. The highest BCUT2D eigenvalue weighted by atomic mass is 16.4. The summed E-state index contributed by atoms with van der Waals surface area (Å²) >= 11 is 0. The maximum atomic E-state index is 11.9. The molecule has 1 aromatic carbocycles. The molecule has 1 heterocycles. The van der Waals surface area contributed by atoms with Gasteiger partial charge in [-0.05, 0) is 18.6 Å². The van der Waals surface area contributed by atoms with E-state index in [4.69, 9.17) is 4.42 Å². The molecular weight excluding hydrogens is 258 g/mol. The van der Waals surface area contributed by atoms with Crippen molar-refractivity contribution in [1.29, 1.82) is 0 Å². The van der Waals surface area contributed by atoms with Gasteiger partial charge in [-0.25, -0.2) is 4.79 Å². The number of amides is 1. The largest absolute Gasteiger partial charge is 0.480 e. The quantitative estimate of drug-likeness (QED) is 0.873. The molecule has 1 aromatic heterocycles. The maximum absolute atomic E-state index is 11.9. The van der Waals surface area contributed by atoms with Crippen molar-refractivity contribution >= 4 is 11.9 Å². The molecule has 0 saturated heterocycles. The van der Waals surface area contributed by atoms with Gasteiger partial charge in [-0.2, -0.15) is 0 Å². The smallest absolute Gasteiger partial charge is 0.326 e. The third-order valence-corrected chi connectivity index (χ3v) is 2.88. The van der Waals surface area contributed by atoms with E-state index in [9.17, 15) is 14.7 Å². The number of carboxylic acid groups (broad SMARTS) is 1. The lowest BCUT2D eigenvalue weighted by atomic mass is 10.1. The summed E-state index contributed by atoms with van der Waals surface area (Å²) in [6.07, 6.45) is 1.55. The summed E-state index contributed by atoms with van der Waals surface area (Å²) in [6, 6.07) is 9.75. The van der Waals surface area contributed by atoms with Crippen molar-refractivity contribution in [1.82, 2.24) is 5.32 Å². The minimum absolute atomic E-state index is 0.235. The molecule has 0 aliphatic rings. The van der Waals surface area contributed by atoms with Crippen LogP contribution in [0.25, 0.3) is 0 Å². The zero-order valence-electron chi connectivity index (χ0n) is 11.0. The van der Waals surface area contributed by atoms with Gasteiger partial charge in [0.1, 0.15) is 18.1 Å². The first-order chi connectivity index (χ1) is 9.56. The molecular formula is C15H15NO4. The highest BCUT2D eigenvalue weighted by Crippen LogP contribution is 2.08. The molecule has 5 heteroatoms. The summed E-state index contributed by atoms with van der Waals surface area (Å²) in [5, 5.41) is 11.7. The molecule has 0 spiro atoms. The molecule has 0 aliphatic carbocycles. The Balaban J connectivity index is 2.06. The van der Waals surface area contributed by atoms with Crippen LogP contribution in [0.5, 0.6) is 0 Å². The molecule has 0 unspecified atom stereocenters. The van der Waals surface area contributed by atoms with Crippen molar-refractivity contribution in [2.24, 2.45) is 0 Å². The zero-order chi connectivity index (χ0) is 14.5. The van der Waals surface area contributed by atoms with E-state index in [1.165, 1.54) is 6.26 Å². The van der Waals surface area contributed by atoms with Crippen molar-refractivity contribution in [3.63, 3.8) is 0 Å². The van der Waals surface area contributed by atoms with E-state index in [0.29, 0.717) is 11.3 Å². The number of benzene rings is 1. The SMILES string of the molecule is Cc1cc(C(=O)N[C@@H](Cc2ccccc2)C(=O)O)co1. The average molecular weight is 273 g/mol. The third kappa shape index (κ3) is 3.47. The minimum atomic E-state index is -1.07. The van der Waals surface area contributed by atoms with Crippen LogP contribution in [0.1, 0.15) is 21.7 Å². The highest BCUT2D eigenvalue weighted by molar-refractivity contribution is 5.96. The van der Waals surface area contributed by atoms with E-state index >= 15 is 0 Å². The van der Waals surface area contributed by atoms with Crippen LogP contribution in [0, 0.1) is 6.92 Å². The number of carbonyl (C=O) groups is 2. The Morgan fingerprint density at radius 1 is 1.30 bits per heavy atom. The molecule has 0 fully saturated rings. The zero-order valence-corrected chi connectivity index (χ0v) is 11.0. The van der Waals surface area contributed by atoms with Gasteiger partial charge in [0.25, 0.3) is 5.91 Å². The van der Waals surface area contributed by atoms with Gasteiger partial charge < -0.3 is 14.8 Å². The molecule has 2 rings (SSSR count). The normalized spacial score (nSPS) is 11.8. The number of aryl methyl sites for hydroxylation is 1. The second kappa shape index (κ2) is 6.06. The summed E-state index contributed by atoms with van der Waals surface area (Å²) in [4.78, 5) is 23.2. The number of carboxylic acids is 1. The van der Waals surface area contributed by atoms with Gasteiger partial charge in [-0.15, -0.1) is 0 Å². The molecule has 2 aromatic rings. The van der Waals surface area contributed by atoms with E-state index in [-0.39, 0.29) is 6.42 Å². The Hall–Kier alpha value is -2.56. The number of aliphatic carboxylic acids is 1. The second-order valence-electron chi connectivity index (χ2n) is 4.50. The minimum Gasteiger partial charge on any atom is -0.480 e. The summed E-state index contributed by atoms with van der Waals surface area (Å²) < 4.78 is 5.04. The Labute approximate surface area is 116 Å². The molecule has 20 heavy (non-hydrogen) atoms. The van der Waals surface area contributed by atoms with Crippen LogP contribution in [0.2, 0.25) is 0 Å². The first-order valence-corrected chi connectivity index (χ1v) is 6.19. The lowest BCUT2D eigenvalue weighted by Crippen LogP contribution is -2.42. The van der Waals surface area contributed by atoms with Crippen molar-refractivity contribution in [3.8, 4) is 0 Å². The van der Waals surface area contributed by atoms with Gasteiger partial charge in [0, 0.05) is 6.42 Å². The van der Waals surface area contributed by atoms with Crippen molar-refractivity contribution in [3.05, 3.63) is 59.5 Å². The molecule has 104 valence electrons. The predicted molar refractivity (Wildman–Crippen MR) is 72.5 cm³/mol. The Bertz CT molecular complexity index is 603. The van der Waals surface area contributed by atoms with E-state index < -0.39 is 17.9 Å². The van der Waals surface area contributed by atoms with Crippen molar-refractivity contribution in [2.45, 2.75) is 19.4 Å². The number of furan rings is 1. The molecule has 0 radical (unpaired) electrons. The van der Waals surface area contributed by atoms with Crippen LogP contribution >= 0.6 is 0 Å². The van der Waals surface area contributed by atoms with E-state index in [0.717, 1.165) is 5.56 Å². The standard InChI is InChI=1S/C15H15NO4/c1-10-7-12(9-20-10)14(17)16-13(15(18)19)8-11-5-3-2-4-6-11/h2-7,9,13H,8H2,1H3,(H,16,17)(H,18,19)/t13-/m0/s1. The highest BCUT2D eigenvalue weighted by Gasteiger charge is 2.21. The van der Waals surface area contributed by atoms with E-state index in [1.54, 1.807) is 13.0 Å². The van der Waals surface area contributed by atoms with Crippen LogP contribution in [0.3, 0.4) is 0 Å². The fourth-order valence-electron chi connectivity index (χ4n) is 1.85. The molecule has 0 bridgehead atoms. The number of carbonyl (C=O) groups excluding carboxylic acids is 1. The van der Waals surface area contributed by atoms with Gasteiger partial charge in [-0.1, -0.05) is 30.3 Å². The van der Waals surface area contributed by atoms with E-state index in [2.05, 4.69) is 5.32 Å². The van der Waals surface area contributed by atoms with Gasteiger partial charge >= 0.3 is 5.97 Å². The average Bonchev–Trinajstić information content (AvgIpc) is 2.86. The summed E-state index contributed by atoms with van der Waals surface area (Å²) in [5.74, 6) is -0.919. The van der Waals surface area contributed by atoms with Crippen LogP contribution in [0.4, 0.5) is 0 Å². The molecule has 0 saturated carbocycles. The monoisotopic (exact) mass is 273 g/mol. The molecule has 5 nitrogen and oxygen atoms in total. The number of rotatable bonds is 5. The second-order valence-corrected chi connectivity index (χ2v) is 4.50. The number of hydrogen-bond donors (Lipinski definition) is 2. The summed E-state index contributed by atoms with van der Waals surface area (Å²) in [5.41, 5.74) is 1.17. The third-order valence-electron chi connectivity index (χ3n) is 2.88. The van der Waals surface area contributed by atoms with Gasteiger partial charge in [-0.3, -0.25) is 4.79 Å². The fraction of sp³-hybridized carbons (Fsp3) is 0.200. The Morgan fingerprint density at radius 2 is 2.00 bits per heavy atom. The summed E-state index contributed by atoms with van der Waals surface area (Å²) in [7, 11) is 0. The topological polar surface area (TPSA) is 79.5 Å². The first-order valence-electron chi connectivity index (χ1n) is 6.19. The Kier molecular flexibility index (Phi) is 4.20. The lowest BCUT2D eigenvalue weighted by molar-refractivity contribution is -0.139. The fourth-order valence-corrected chi connectivity index (χ4v) is 1.85. The van der Waals surface area contributed by atoms with E-state index in [1.807, 2.05) is 30.3 Å². The molecule has 0 aliphatic heterocycles. The van der Waals surface area contributed by atoms with Gasteiger partial charge in [0.15, 0.2) is 0 Å². The Morgan fingerprint density at radius 3 is 2.55 bits per heavy atom. The van der Waals surface area contributed by atoms with Crippen molar-refractivity contribution < 1.29 is 19.1 Å². The molecule has 1 amide bonds. The van der Waals surface area contributed by atoms with Crippen LogP contribution in [-0.4, -0.2) is 23.0 Å². The van der Waals surface area contributed by atoms with Crippen LogP contribution in [-0.2, 0) is 11.2 Å². The van der Waals surface area contributed by atoms with Crippen molar-refractivity contribution in [2.75, 3.05) is 0 Å². The van der Waals surface area contributed by atoms with Gasteiger partial charge in [0.2, 0.25) is 0 Å². The van der Waals surface area contributed by atoms with Crippen LogP contribution in [0.15, 0.2) is 47.1 Å². The lowest BCUT2D eigenvalue weighted by Gasteiger charge is -2.13. The molecule has 1 atom stereocenters. The first kappa shape index (κ1) is 13.9. The number of hydrogen-bond acceptors (Lipinski definition) is 3. The predicted octanol–water partition coefficient (Wildman–Crippen LogP) is 2.01. The number of nitrogens with one attached hydrogen (secondary N) is 1. The van der Waals surface area contributed by atoms with Gasteiger partial charge in [0.05, 0.1) is 5.56 Å².